The number of nitrogens with one attached hydrogen (secondary N) is 1. The largest absolute Gasteiger partial charge is 0.375 e. The SMILES string of the molecule is CCC1(CC)CC(NC(=O)C2(CN)CCCCC2)CCO1. The number of hydrogen-bond donors (Lipinski definition) is 2. The van der Waals surface area contributed by atoms with E-state index in [1.165, 1.54) is 6.42 Å². The molecule has 1 unspecified atom stereocenters. The van der Waals surface area contributed by atoms with Gasteiger partial charge < -0.3 is 15.8 Å². The third-order valence-corrected chi connectivity index (χ3v) is 5.80. The second kappa shape index (κ2) is 7.10. The molecule has 0 aromatic rings. The first-order chi connectivity index (χ1) is 10.1. The molecule has 1 saturated carbocycles. The molecule has 4 nitrogen and oxygen atoms in total. The van der Waals surface area contributed by atoms with Crippen LogP contribution in [-0.4, -0.2) is 30.7 Å². The maximum absolute atomic E-state index is 12.8. The Balaban J connectivity index is 1.98. The summed E-state index contributed by atoms with van der Waals surface area (Å²) in [4.78, 5) is 12.8. The summed E-state index contributed by atoms with van der Waals surface area (Å²) in [6.45, 7) is 5.59. The van der Waals surface area contributed by atoms with E-state index in [-0.39, 0.29) is 23.0 Å². The quantitative estimate of drug-likeness (QED) is 0.820. The van der Waals surface area contributed by atoms with Gasteiger partial charge in [-0.15, -0.1) is 0 Å². The zero-order chi connectivity index (χ0) is 15.3. The van der Waals surface area contributed by atoms with Crippen molar-refractivity contribution in [3.8, 4) is 0 Å². The summed E-state index contributed by atoms with van der Waals surface area (Å²) in [5, 5.41) is 3.30. The Morgan fingerprint density at radius 2 is 1.90 bits per heavy atom. The van der Waals surface area contributed by atoms with E-state index in [4.69, 9.17) is 10.5 Å². The number of amides is 1. The maximum atomic E-state index is 12.8. The van der Waals surface area contributed by atoms with Crippen LogP contribution in [0, 0.1) is 5.41 Å². The first-order valence-corrected chi connectivity index (χ1v) is 8.75. The highest BCUT2D eigenvalue weighted by Gasteiger charge is 2.41. The Hall–Kier alpha value is -0.610. The van der Waals surface area contributed by atoms with E-state index in [0.29, 0.717) is 6.54 Å². The van der Waals surface area contributed by atoms with E-state index in [0.717, 1.165) is 58.0 Å². The molecule has 2 aliphatic rings. The molecule has 1 aliphatic heterocycles. The smallest absolute Gasteiger partial charge is 0.227 e. The normalized spacial score (nSPS) is 28.0. The first-order valence-electron chi connectivity index (χ1n) is 8.75. The zero-order valence-corrected chi connectivity index (χ0v) is 13.7. The van der Waals surface area contributed by atoms with E-state index in [1.54, 1.807) is 0 Å². The number of hydrogen-bond acceptors (Lipinski definition) is 3. The van der Waals surface area contributed by atoms with E-state index in [1.807, 2.05) is 0 Å². The summed E-state index contributed by atoms with van der Waals surface area (Å²) in [6, 6.07) is 0.247. The highest BCUT2D eigenvalue weighted by molar-refractivity contribution is 5.83. The van der Waals surface area contributed by atoms with Crippen molar-refractivity contribution < 1.29 is 9.53 Å². The lowest BCUT2D eigenvalue weighted by atomic mass is 9.73. The van der Waals surface area contributed by atoms with Gasteiger partial charge in [-0.1, -0.05) is 33.1 Å². The average Bonchev–Trinajstić information content (AvgIpc) is 2.55. The van der Waals surface area contributed by atoms with Crippen LogP contribution in [0.1, 0.15) is 71.6 Å². The van der Waals surface area contributed by atoms with E-state index >= 15 is 0 Å². The van der Waals surface area contributed by atoms with Crippen LogP contribution in [-0.2, 0) is 9.53 Å². The van der Waals surface area contributed by atoms with Gasteiger partial charge in [0.05, 0.1) is 11.0 Å². The average molecular weight is 296 g/mol. The Kier molecular flexibility index (Phi) is 5.67. The molecule has 3 N–H and O–H groups in total. The van der Waals surface area contributed by atoms with Crippen LogP contribution in [0.2, 0.25) is 0 Å². The molecule has 0 spiro atoms. The predicted octanol–water partition coefficient (Wildman–Crippen LogP) is 2.75. The van der Waals surface area contributed by atoms with Gasteiger partial charge in [-0.2, -0.15) is 0 Å². The number of carbonyl (C=O) groups excluding carboxylic acids is 1. The van der Waals surface area contributed by atoms with Crippen LogP contribution in [0.3, 0.4) is 0 Å². The molecule has 1 amide bonds. The molecular formula is C17H32N2O2. The molecule has 0 radical (unpaired) electrons. The molecule has 1 heterocycles. The minimum Gasteiger partial charge on any atom is -0.375 e. The number of rotatable bonds is 5. The van der Waals surface area contributed by atoms with Crippen molar-refractivity contribution in [1.82, 2.24) is 5.32 Å². The lowest BCUT2D eigenvalue weighted by Gasteiger charge is -2.42. The van der Waals surface area contributed by atoms with Crippen LogP contribution < -0.4 is 11.1 Å². The van der Waals surface area contributed by atoms with Gasteiger partial charge in [-0.05, 0) is 38.5 Å². The van der Waals surface area contributed by atoms with Crippen molar-refractivity contribution in [2.45, 2.75) is 83.3 Å². The Morgan fingerprint density at radius 1 is 1.24 bits per heavy atom. The van der Waals surface area contributed by atoms with Crippen LogP contribution >= 0.6 is 0 Å². The number of ether oxygens (including phenoxy) is 1. The summed E-state index contributed by atoms with van der Waals surface area (Å²) in [6.07, 6.45) is 9.28. The fourth-order valence-electron chi connectivity index (χ4n) is 3.98. The summed E-state index contributed by atoms with van der Waals surface area (Å²) in [5.41, 5.74) is 5.61. The van der Waals surface area contributed by atoms with Crippen molar-refractivity contribution in [3.63, 3.8) is 0 Å². The summed E-state index contributed by atoms with van der Waals surface area (Å²) >= 11 is 0. The van der Waals surface area contributed by atoms with Crippen molar-refractivity contribution in [2.24, 2.45) is 11.1 Å². The standard InChI is InChI=1S/C17H32N2O2/c1-3-17(4-2)12-14(8-11-21-17)19-15(20)16(13-18)9-6-5-7-10-16/h14H,3-13,18H2,1-2H3,(H,19,20). The van der Waals surface area contributed by atoms with Crippen molar-refractivity contribution in [2.75, 3.05) is 13.2 Å². The molecule has 4 heteroatoms. The predicted molar refractivity (Wildman–Crippen MR) is 85.0 cm³/mol. The van der Waals surface area contributed by atoms with Gasteiger partial charge in [0.1, 0.15) is 0 Å². The number of carbonyl (C=O) groups is 1. The molecule has 21 heavy (non-hydrogen) atoms. The molecule has 2 rings (SSSR count). The highest BCUT2D eigenvalue weighted by atomic mass is 16.5. The van der Waals surface area contributed by atoms with Crippen LogP contribution in [0.25, 0.3) is 0 Å². The van der Waals surface area contributed by atoms with Gasteiger partial charge >= 0.3 is 0 Å². The summed E-state index contributed by atoms with van der Waals surface area (Å²) in [7, 11) is 0. The first kappa shape index (κ1) is 16.8. The third kappa shape index (κ3) is 3.59. The molecule has 1 atom stereocenters. The van der Waals surface area contributed by atoms with Crippen molar-refractivity contribution in [1.29, 1.82) is 0 Å². The fourth-order valence-corrected chi connectivity index (χ4v) is 3.98. The second-order valence-electron chi connectivity index (χ2n) is 6.95. The van der Waals surface area contributed by atoms with Crippen LogP contribution in [0.5, 0.6) is 0 Å². The molecule has 1 aliphatic carbocycles. The van der Waals surface area contributed by atoms with Gasteiger partial charge in [-0.3, -0.25) is 4.79 Å². The molecule has 1 saturated heterocycles. The fraction of sp³-hybridized carbons (Fsp3) is 0.941. The third-order valence-electron chi connectivity index (χ3n) is 5.80. The molecule has 0 aromatic carbocycles. The van der Waals surface area contributed by atoms with Gasteiger partial charge in [0.25, 0.3) is 0 Å². The summed E-state index contributed by atoms with van der Waals surface area (Å²) < 4.78 is 6.00. The second-order valence-corrected chi connectivity index (χ2v) is 6.95. The van der Waals surface area contributed by atoms with E-state index in [9.17, 15) is 4.79 Å². The molecular weight excluding hydrogens is 264 g/mol. The highest BCUT2D eigenvalue weighted by Crippen LogP contribution is 2.37. The van der Waals surface area contributed by atoms with Gasteiger partial charge in [0, 0.05) is 19.2 Å². The lowest BCUT2D eigenvalue weighted by Crippen LogP contribution is -2.54. The maximum Gasteiger partial charge on any atom is 0.227 e. The zero-order valence-electron chi connectivity index (χ0n) is 13.7. The minimum atomic E-state index is -0.308. The Labute approximate surface area is 129 Å². The molecule has 0 aromatic heterocycles. The van der Waals surface area contributed by atoms with Crippen molar-refractivity contribution in [3.05, 3.63) is 0 Å². The lowest BCUT2D eigenvalue weighted by molar-refractivity contribution is -0.136. The van der Waals surface area contributed by atoms with Crippen molar-refractivity contribution >= 4 is 5.91 Å². The topological polar surface area (TPSA) is 64.4 Å². The molecule has 2 fully saturated rings. The Morgan fingerprint density at radius 3 is 2.48 bits per heavy atom. The summed E-state index contributed by atoms with van der Waals surface area (Å²) in [5.74, 6) is 0.192. The molecule has 0 bridgehead atoms. The van der Waals surface area contributed by atoms with E-state index in [2.05, 4.69) is 19.2 Å². The minimum absolute atomic E-state index is 0.0430. The van der Waals surface area contributed by atoms with Crippen LogP contribution in [0.4, 0.5) is 0 Å². The Bertz CT molecular complexity index is 347. The van der Waals surface area contributed by atoms with Crippen LogP contribution in [0.15, 0.2) is 0 Å². The molecule has 122 valence electrons. The number of nitrogens with two attached hydrogens (primary N) is 1. The van der Waals surface area contributed by atoms with Gasteiger partial charge in [0.2, 0.25) is 5.91 Å². The van der Waals surface area contributed by atoms with Gasteiger partial charge in [0.15, 0.2) is 0 Å². The monoisotopic (exact) mass is 296 g/mol. The van der Waals surface area contributed by atoms with Gasteiger partial charge in [-0.25, -0.2) is 0 Å². The van der Waals surface area contributed by atoms with E-state index < -0.39 is 0 Å².